The van der Waals surface area contributed by atoms with Crippen LogP contribution in [0.25, 0.3) is 0 Å². The molecule has 0 aromatic carbocycles. The highest BCUT2D eigenvalue weighted by Gasteiger charge is 2.70. The molecular weight excluding hydrogens is 225 g/mol. The molecule has 1 aliphatic heterocycles. The summed E-state index contributed by atoms with van der Waals surface area (Å²) in [6.45, 7) is 7.88. The first-order chi connectivity index (χ1) is 7.65. The Bertz CT molecular complexity index is 387. The van der Waals surface area contributed by atoms with E-state index in [1.54, 1.807) is 6.08 Å². The van der Waals surface area contributed by atoms with E-state index in [-0.39, 0.29) is 0 Å². The van der Waals surface area contributed by atoms with Gasteiger partial charge in [-0.1, -0.05) is 6.08 Å². The number of halogens is 2. The normalized spacial score (nSPS) is 40.1. The van der Waals surface area contributed by atoms with Gasteiger partial charge in [-0.05, 0) is 39.6 Å². The van der Waals surface area contributed by atoms with Crippen molar-refractivity contribution in [2.24, 2.45) is 11.8 Å². The van der Waals surface area contributed by atoms with Crippen LogP contribution in [0, 0.1) is 11.8 Å². The SMILES string of the molecule is CC1(C)OB(C2=CC3C(C2)C3(F)F)OC1(C)C. The average molecular weight is 242 g/mol. The number of hydrogen-bond acceptors (Lipinski definition) is 2. The second-order valence-corrected chi connectivity index (χ2v) is 6.34. The predicted octanol–water partition coefficient (Wildman–Crippen LogP) is 2.83. The van der Waals surface area contributed by atoms with Crippen LogP contribution in [-0.4, -0.2) is 24.2 Å². The molecule has 0 radical (unpaired) electrons. The zero-order valence-corrected chi connectivity index (χ0v) is 10.6. The van der Waals surface area contributed by atoms with Crippen LogP contribution in [0.4, 0.5) is 8.78 Å². The predicted molar refractivity (Wildman–Crippen MR) is 60.7 cm³/mol. The lowest BCUT2D eigenvalue weighted by Crippen LogP contribution is -2.41. The number of allylic oxidation sites excluding steroid dienone is 2. The topological polar surface area (TPSA) is 18.5 Å². The van der Waals surface area contributed by atoms with Crippen molar-refractivity contribution in [2.45, 2.75) is 51.2 Å². The van der Waals surface area contributed by atoms with E-state index < -0.39 is 36.1 Å². The highest BCUT2D eigenvalue weighted by Crippen LogP contribution is 2.63. The van der Waals surface area contributed by atoms with Gasteiger partial charge in [0.2, 0.25) is 0 Å². The quantitative estimate of drug-likeness (QED) is 0.658. The fourth-order valence-corrected chi connectivity index (χ4v) is 2.63. The second-order valence-electron chi connectivity index (χ2n) is 6.34. The fourth-order valence-electron chi connectivity index (χ4n) is 2.63. The standard InChI is InChI=1S/C12H17BF2O2/c1-10(2)11(3,4)17-13(16-10)7-5-8-9(6-7)12(8,14)15/h5,8-9H,6H2,1-4H3. The lowest BCUT2D eigenvalue weighted by Gasteiger charge is -2.32. The fraction of sp³-hybridized carbons (Fsp3) is 0.833. The van der Waals surface area contributed by atoms with Crippen LogP contribution in [0.1, 0.15) is 34.1 Å². The third-order valence-corrected chi connectivity index (χ3v) is 4.67. The number of hydrogen-bond donors (Lipinski definition) is 0. The van der Waals surface area contributed by atoms with Crippen molar-refractivity contribution in [2.75, 3.05) is 0 Å². The van der Waals surface area contributed by atoms with Gasteiger partial charge in [-0.25, -0.2) is 8.78 Å². The van der Waals surface area contributed by atoms with Crippen molar-refractivity contribution in [1.82, 2.24) is 0 Å². The summed E-state index contributed by atoms with van der Waals surface area (Å²) in [5.74, 6) is -3.55. The van der Waals surface area contributed by atoms with Gasteiger partial charge in [0.05, 0.1) is 11.2 Å². The van der Waals surface area contributed by atoms with Crippen LogP contribution in [-0.2, 0) is 9.31 Å². The third-order valence-electron chi connectivity index (χ3n) is 4.67. The zero-order valence-electron chi connectivity index (χ0n) is 10.6. The molecule has 3 aliphatic rings. The first kappa shape index (κ1) is 11.7. The van der Waals surface area contributed by atoms with Crippen molar-refractivity contribution in [3.05, 3.63) is 11.5 Å². The Hall–Kier alpha value is -0.415. The van der Waals surface area contributed by atoms with E-state index in [0.29, 0.717) is 6.42 Å². The summed E-state index contributed by atoms with van der Waals surface area (Å²) in [5.41, 5.74) is 0.103. The zero-order chi connectivity index (χ0) is 12.6. The van der Waals surface area contributed by atoms with E-state index in [9.17, 15) is 8.78 Å². The van der Waals surface area contributed by atoms with Crippen molar-refractivity contribution in [3.63, 3.8) is 0 Å². The third kappa shape index (κ3) is 1.45. The highest BCUT2D eigenvalue weighted by atomic mass is 19.3. The second kappa shape index (κ2) is 2.94. The molecule has 1 heterocycles. The van der Waals surface area contributed by atoms with Crippen molar-refractivity contribution >= 4 is 7.12 Å². The van der Waals surface area contributed by atoms with Crippen LogP contribution in [0.5, 0.6) is 0 Å². The molecule has 2 nitrogen and oxygen atoms in total. The Labute approximate surface area is 100 Å². The Morgan fingerprint density at radius 1 is 1.18 bits per heavy atom. The van der Waals surface area contributed by atoms with Gasteiger partial charge in [-0.3, -0.25) is 0 Å². The van der Waals surface area contributed by atoms with Crippen LogP contribution in [0.15, 0.2) is 11.5 Å². The van der Waals surface area contributed by atoms with Gasteiger partial charge in [0.1, 0.15) is 0 Å². The van der Waals surface area contributed by atoms with E-state index >= 15 is 0 Å². The molecule has 94 valence electrons. The maximum atomic E-state index is 13.1. The van der Waals surface area contributed by atoms with Gasteiger partial charge in [0, 0.05) is 11.8 Å². The Kier molecular flexibility index (Phi) is 2.02. The molecular formula is C12H17BF2O2. The number of fused-ring (bicyclic) bond motifs is 1. The van der Waals surface area contributed by atoms with Crippen LogP contribution >= 0.6 is 0 Å². The monoisotopic (exact) mass is 242 g/mol. The molecule has 17 heavy (non-hydrogen) atoms. The summed E-state index contributed by atoms with van der Waals surface area (Å²) < 4.78 is 37.9. The van der Waals surface area contributed by atoms with E-state index in [1.807, 2.05) is 27.7 Å². The van der Waals surface area contributed by atoms with Gasteiger partial charge < -0.3 is 9.31 Å². The first-order valence-electron chi connectivity index (χ1n) is 6.09. The van der Waals surface area contributed by atoms with Gasteiger partial charge in [0.15, 0.2) is 0 Å². The molecule has 1 saturated heterocycles. The van der Waals surface area contributed by atoms with Gasteiger partial charge in [-0.2, -0.15) is 0 Å². The van der Waals surface area contributed by atoms with Gasteiger partial charge >= 0.3 is 7.12 Å². The van der Waals surface area contributed by atoms with Gasteiger partial charge in [-0.15, -0.1) is 0 Å². The summed E-state index contributed by atoms with van der Waals surface area (Å²) in [6, 6.07) is 0. The Morgan fingerprint density at radius 2 is 1.71 bits per heavy atom. The average Bonchev–Trinajstić information content (AvgIpc) is 2.54. The summed E-state index contributed by atoms with van der Waals surface area (Å²) in [5, 5.41) is 0. The molecule has 5 heteroatoms. The molecule has 0 spiro atoms. The maximum absolute atomic E-state index is 13.1. The molecule has 3 rings (SSSR count). The van der Waals surface area contributed by atoms with Crippen LogP contribution < -0.4 is 0 Å². The lowest BCUT2D eigenvalue weighted by molar-refractivity contribution is 0.00578. The summed E-state index contributed by atoms with van der Waals surface area (Å²) in [6.07, 6.45) is 2.07. The number of rotatable bonds is 1. The van der Waals surface area contributed by atoms with E-state index in [2.05, 4.69) is 0 Å². The molecule has 2 aliphatic carbocycles. The van der Waals surface area contributed by atoms with Gasteiger partial charge in [0.25, 0.3) is 5.92 Å². The minimum Gasteiger partial charge on any atom is -0.400 e. The van der Waals surface area contributed by atoms with Crippen LogP contribution in [0.2, 0.25) is 0 Å². The minimum absolute atomic E-state index is 0.395. The summed E-state index contributed by atoms with van der Waals surface area (Å²) >= 11 is 0. The largest absolute Gasteiger partial charge is 0.490 e. The van der Waals surface area contributed by atoms with E-state index in [0.717, 1.165) is 5.47 Å². The molecule has 0 amide bonds. The minimum atomic E-state index is -2.48. The summed E-state index contributed by atoms with van der Waals surface area (Å²) in [7, 11) is -0.441. The molecule has 2 unspecified atom stereocenters. The first-order valence-corrected chi connectivity index (χ1v) is 6.09. The Balaban J connectivity index is 1.76. The molecule has 0 N–H and O–H groups in total. The van der Waals surface area contributed by atoms with Crippen molar-refractivity contribution < 1.29 is 18.1 Å². The maximum Gasteiger partial charge on any atom is 0.490 e. The van der Waals surface area contributed by atoms with E-state index in [1.165, 1.54) is 0 Å². The molecule has 0 bridgehead atoms. The van der Waals surface area contributed by atoms with Crippen LogP contribution in [0.3, 0.4) is 0 Å². The van der Waals surface area contributed by atoms with E-state index in [4.69, 9.17) is 9.31 Å². The smallest absolute Gasteiger partial charge is 0.400 e. The van der Waals surface area contributed by atoms with Crippen molar-refractivity contribution in [3.8, 4) is 0 Å². The molecule has 0 aromatic rings. The Morgan fingerprint density at radius 3 is 2.12 bits per heavy atom. The highest BCUT2D eigenvalue weighted by molar-refractivity contribution is 6.54. The molecule has 2 atom stereocenters. The molecule has 1 saturated carbocycles. The molecule has 0 aromatic heterocycles. The van der Waals surface area contributed by atoms with Crippen molar-refractivity contribution in [1.29, 1.82) is 0 Å². The lowest BCUT2D eigenvalue weighted by atomic mass is 9.76. The molecule has 2 fully saturated rings. The number of alkyl halides is 2. The summed E-state index contributed by atoms with van der Waals surface area (Å²) in [4.78, 5) is 0.